The minimum Gasteiger partial charge on any atom is -0.210 e. The first-order valence-corrected chi connectivity index (χ1v) is 6.72. The summed E-state index contributed by atoms with van der Waals surface area (Å²) >= 11 is 0. The molecule has 0 aliphatic carbocycles. The molecule has 0 saturated heterocycles. The number of isocyanates is 1. The summed E-state index contributed by atoms with van der Waals surface area (Å²) in [5.41, 5.74) is 0. The molecule has 1 aromatic carbocycles. The third-order valence-electron chi connectivity index (χ3n) is 1.43. The van der Waals surface area contributed by atoms with Gasteiger partial charge in [0, 0.05) is 0 Å². The maximum Gasteiger partial charge on any atom is 0.343 e. The van der Waals surface area contributed by atoms with Gasteiger partial charge in [0.25, 0.3) is 16.1 Å². The quantitative estimate of drug-likeness (QED) is 0.583. The molecule has 0 fully saturated rings. The van der Waals surface area contributed by atoms with Crippen molar-refractivity contribution in [1.82, 2.24) is 4.13 Å². The Morgan fingerprint density at radius 1 is 1.06 bits per heavy atom. The number of benzene rings is 1. The molecule has 0 aliphatic rings. The number of rotatable bonds is 4. The molecule has 0 heterocycles. The van der Waals surface area contributed by atoms with Gasteiger partial charge in [-0.3, -0.25) is 0 Å². The van der Waals surface area contributed by atoms with E-state index in [-0.39, 0.29) is 4.90 Å². The summed E-state index contributed by atoms with van der Waals surface area (Å²) in [6.45, 7) is 0. The second kappa shape index (κ2) is 4.54. The van der Waals surface area contributed by atoms with Crippen LogP contribution in [0, 0.1) is 0 Å². The van der Waals surface area contributed by atoms with Crippen molar-refractivity contribution in [3.8, 4) is 0 Å². The third-order valence-corrected chi connectivity index (χ3v) is 4.35. The van der Waals surface area contributed by atoms with Gasteiger partial charge in [0.1, 0.15) is 0 Å². The normalized spacial score (nSPS) is 11.8. The number of sulfonamides is 1. The molecule has 0 bridgehead atoms. The van der Waals surface area contributed by atoms with Crippen molar-refractivity contribution in [2.45, 2.75) is 4.90 Å². The highest BCUT2D eigenvalue weighted by molar-refractivity contribution is 8.04. The highest BCUT2D eigenvalue weighted by Gasteiger charge is 2.21. The Kier molecular flexibility index (Phi) is 3.55. The van der Waals surface area contributed by atoms with Gasteiger partial charge in [0.2, 0.25) is 0 Å². The number of hydrogen-bond donors (Lipinski definition) is 1. The number of hydrogen-bond acceptors (Lipinski definition) is 5. The second-order valence-electron chi connectivity index (χ2n) is 2.56. The van der Waals surface area contributed by atoms with Crippen LogP contribution in [0.15, 0.2) is 39.6 Å². The molecule has 0 atom stereocenters. The molecule has 0 aromatic heterocycles. The van der Waals surface area contributed by atoms with E-state index in [0.717, 1.165) is 6.08 Å². The van der Waals surface area contributed by atoms with E-state index in [1.165, 1.54) is 28.4 Å². The van der Waals surface area contributed by atoms with Gasteiger partial charge in [0.15, 0.2) is 0 Å². The van der Waals surface area contributed by atoms with Gasteiger partial charge in [-0.05, 0) is 12.1 Å². The van der Waals surface area contributed by atoms with Gasteiger partial charge in [-0.2, -0.15) is 8.42 Å². The molecule has 0 saturated carbocycles. The number of nitrogens with one attached hydrogen (secondary N) is 1. The van der Waals surface area contributed by atoms with Crippen LogP contribution in [0.2, 0.25) is 0 Å². The maximum atomic E-state index is 11.4. The van der Waals surface area contributed by atoms with Crippen molar-refractivity contribution >= 4 is 26.3 Å². The fourth-order valence-electron chi connectivity index (χ4n) is 0.854. The molecule has 0 spiro atoms. The molecule has 0 aliphatic heterocycles. The first kappa shape index (κ1) is 12.5. The van der Waals surface area contributed by atoms with Crippen LogP contribution in [0.3, 0.4) is 0 Å². The fourth-order valence-corrected chi connectivity index (χ4v) is 3.11. The predicted molar refractivity (Wildman–Crippen MR) is 53.8 cm³/mol. The van der Waals surface area contributed by atoms with Crippen LogP contribution in [0.1, 0.15) is 0 Å². The van der Waals surface area contributed by atoms with E-state index in [4.69, 9.17) is 0 Å². The lowest BCUT2D eigenvalue weighted by molar-refractivity contribution is 0.562. The molecular weight excluding hydrogens is 256 g/mol. The van der Waals surface area contributed by atoms with Gasteiger partial charge in [-0.15, -0.1) is 0 Å². The highest BCUT2D eigenvalue weighted by atomic mass is 32.3. The largest absolute Gasteiger partial charge is 0.343 e. The molecule has 1 aromatic rings. The van der Waals surface area contributed by atoms with Gasteiger partial charge >= 0.3 is 10.2 Å². The summed E-state index contributed by atoms with van der Waals surface area (Å²) in [4.78, 5) is 9.49. The van der Waals surface area contributed by atoms with E-state index in [1.54, 1.807) is 6.07 Å². The van der Waals surface area contributed by atoms with Crippen molar-refractivity contribution in [1.29, 1.82) is 0 Å². The zero-order valence-corrected chi connectivity index (χ0v) is 9.32. The van der Waals surface area contributed by atoms with Gasteiger partial charge in [-0.25, -0.2) is 13.2 Å². The van der Waals surface area contributed by atoms with E-state index in [9.17, 15) is 21.6 Å². The SMILES string of the molecule is O=C=NS(=O)(=O)NS(=O)(=O)c1ccccc1. The van der Waals surface area contributed by atoms with Crippen molar-refractivity contribution < 1.29 is 21.6 Å². The molecule has 9 heteroatoms. The smallest absolute Gasteiger partial charge is 0.210 e. The van der Waals surface area contributed by atoms with E-state index >= 15 is 0 Å². The summed E-state index contributed by atoms with van der Waals surface area (Å²) in [7, 11) is -8.82. The molecule has 7 nitrogen and oxygen atoms in total. The highest BCUT2D eigenvalue weighted by Crippen LogP contribution is 2.08. The van der Waals surface area contributed by atoms with Crippen LogP contribution in [-0.2, 0) is 25.0 Å². The van der Waals surface area contributed by atoms with Gasteiger partial charge < -0.3 is 0 Å². The summed E-state index contributed by atoms with van der Waals surface area (Å²) in [6, 6.07) is 6.80. The Bertz CT molecular complexity index is 614. The summed E-state index contributed by atoms with van der Waals surface area (Å²) < 4.78 is 48.3. The number of nitrogens with zero attached hydrogens (tertiary/aromatic N) is 1. The molecule has 0 radical (unpaired) electrons. The predicted octanol–water partition coefficient (Wildman–Crippen LogP) is -0.455. The Labute approximate surface area is 92.1 Å². The van der Waals surface area contributed by atoms with E-state index < -0.39 is 20.2 Å². The van der Waals surface area contributed by atoms with Gasteiger partial charge in [-0.1, -0.05) is 26.7 Å². The molecule has 1 N–H and O–H groups in total. The van der Waals surface area contributed by atoms with Gasteiger partial charge in [0.05, 0.1) is 4.90 Å². The molecule has 0 amide bonds. The minimum absolute atomic E-state index is 0.250. The Hall–Kier alpha value is -1.54. The standard InChI is InChI=1S/C7H6N2O5S2/c10-6-8-16(13,14)9-15(11,12)7-4-2-1-3-5-7/h1-5,9H. The maximum absolute atomic E-state index is 11.4. The Morgan fingerprint density at radius 2 is 1.62 bits per heavy atom. The fraction of sp³-hybridized carbons (Fsp3) is 0. The van der Waals surface area contributed by atoms with Crippen LogP contribution in [0.5, 0.6) is 0 Å². The molecular formula is C7H6N2O5S2. The molecule has 86 valence electrons. The first-order valence-electron chi connectivity index (χ1n) is 3.80. The van der Waals surface area contributed by atoms with E-state index in [0.29, 0.717) is 0 Å². The monoisotopic (exact) mass is 262 g/mol. The van der Waals surface area contributed by atoms with Crippen molar-refractivity contribution in [2.24, 2.45) is 4.40 Å². The second-order valence-corrected chi connectivity index (χ2v) is 5.84. The number of carbonyl (C=O) groups excluding carboxylic acids is 1. The average molecular weight is 262 g/mol. The average Bonchev–Trinajstić information content (AvgIpc) is 2.17. The molecule has 1 rings (SSSR count). The zero-order chi connectivity index (χ0) is 12.2. The van der Waals surface area contributed by atoms with Crippen LogP contribution in [-0.4, -0.2) is 22.9 Å². The zero-order valence-electron chi connectivity index (χ0n) is 7.69. The summed E-state index contributed by atoms with van der Waals surface area (Å²) in [6.07, 6.45) is 0.742. The van der Waals surface area contributed by atoms with Crippen molar-refractivity contribution in [3.05, 3.63) is 30.3 Å². The Balaban J connectivity index is 3.12. The van der Waals surface area contributed by atoms with E-state index in [1.807, 2.05) is 0 Å². The molecule has 16 heavy (non-hydrogen) atoms. The summed E-state index contributed by atoms with van der Waals surface area (Å²) in [5.74, 6) is 0. The summed E-state index contributed by atoms with van der Waals surface area (Å²) in [5, 5.41) is 0. The van der Waals surface area contributed by atoms with Crippen LogP contribution >= 0.6 is 0 Å². The third kappa shape index (κ3) is 3.24. The Morgan fingerprint density at radius 3 is 2.12 bits per heavy atom. The van der Waals surface area contributed by atoms with Crippen LogP contribution < -0.4 is 4.13 Å². The minimum atomic E-state index is -4.57. The van der Waals surface area contributed by atoms with Crippen LogP contribution in [0.25, 0.3) is 0 Å². The topological polar surface area (TPSA) is 110 Å². The first-order chi connectivity index (χ1) is 7.37. The lowest BCUT2D eigenvalue weighted by Crippen LogP contribution is -2.28. The molecule has 0 unspecified atom stereocenters. The van der Waals surface area contributed by atoms with Crippen LogP contribution in [0.4, 0.5) is 0 Å². The van der Waals surface area contributed by atoms with Crippen molar-refractivity contribution in [2.75, 3.05) is 0 Å². The lowest BCUT2D eigenvalue weighted by atomic mass is 10.4. The van der Waals surface area contributed by atoms with Crippen molar-refractivity contribution in [3.63, 3.8) is 0 Å². The van der Waals surface area contributed by atoms with E-state index in [2.05, 4.69) is 4.40 Å². The lowest BCUT2D eigenvalue weighted by Gasteiger charge is -2.02.